The first-order valence-corrected chi connectivity index (χ1v) is 7.49. The number of piperidine rings is 1. The van der Waals surface area contributed by atoms with E-state index in [2.05, 4.69) is 39.8 Å². The Morgan fingerprint density at radius 1 is 1.44 bits per heavy atom. The van der Waals surface area contributed by atoms with E-state index in [-0.39, 0.29) is 0 Å². The lowest BCUT2D eigenvalue weighted by molar-refractivity contribution is 0.194. The summed E-state index contributed by atoms with van der Waals surface area (Å²) in [4.78, 5) is 6.93. The van der Waals surface area contributed by atoms with Gasteiger partial charge in [0.15, 0.2) is 0 Å². The number of anilines is 1. The summed E-state index contributed by atoms with van der Waals surface area (Å²) in [6, 6.07) is 4.88. The van der Waals surface area contributed by atoms with Crippen molar-refractivity contribution in [3.63, 3.8) is 0 Å². The van der Waals surface area contributed by atoms with Crippen molar-refractivity contribution in [1.29, 1.82) is 0 Å². The Hall–Kier alpha value is -1.13. The van der Waals surface area contributed by atoms with Gasteiger partial charge in [0.25, 0.3) is 0 Å². The van der Waals surface area contributed by atoms with Crippen LogP contribution in [0.1, 0.15) is 19.3 Å². The van der Waals surface area contributed by atoms with Gasteiger partial charge < -0.3 is 10.2 Å². The van der Waals surface area contributed by atoms with Crippen LogP contribution in [0.2, 0.25) is 0 Å². The van der Waals surface area contributed by atoms with Crippen molar-refractivity contribution in [3.8, 4) is 0 Å². The molecule has 0 spiro atoms. The maximum absolute atomic E-state index is 4.47. The number of nitrogens with zero attached hydrogens (tertiary/aromatic N) is 2. The van der Waals surface area contributed by atoms with Gasteiger partial charge in [-0.25, -0.2) is 4.98 Å². The van der Waals surface area contributed by atoms with Gasteiger partial charge in [-0.05, 0) is 43.9 Å². The first kappa shape index (κ1) is 11.9. The largest absolute Gasteiger partial charge is 0.368 e. The van der Waals surface area contributed by atoms with Gasteiger partial charge in [-0.2, -0.15) is 0 Å². The van der Waals surface area contributed by atoms with Crippen LogP contribution in [0, 0.1) is 0 Å². The van der Waals surface area contributed by atoms with Crippen LogP contribution in [0.3, 0.4) is 0 Å². The van der Waals surface area contributed by atoms with Crippen molar-refractivity contribution in [3.05, 3.63) is 23.7 Å². The van der Waals surface area contributed by atoms with Crippen molar-refractivity contribution in [1.82, 2.24) is 9.88 Å². The Balaban J connectivity index is 1.71. The fourth-order valence-electron chi connectivity index (χ4n) is 2.65. The Morgan fingerprint density at radius 3 is 3.28 bits per heavy atom. The van der Waals surface area contributed by atoms with Crippen LogP contribution >= 0.6 is 11.3 Å². The molecular formula is C14H19N3S. The van der Waals surface area contributed by atoms with Crippen LogP contribution in [0.5, 0.6) is 0 Å². The third kappa shape index (κ3) is 2.35. The molecule has 0 amide bonds. The topological polar surface area (TPSA) is 28.2 Å². The van der Waals surface area contributed by atoms with Crippen LogP contribution in [0.25, 0.3) is 10.1 Å². The van der Waals surface area contributed by atoms with E-state index in [0.29, 0.717) is 6.04 Å². The van der Waals surface area contributed by atoms with Gasteiger partial charge in [-0.3, -0.25) is 0 Å². The molecule has 2 aromatic heterocycles. The second kappa shape index (κ2) is 5.24. The number of nitrogens with one attached hydrogen (secondary N) is 1. The molecule has 1 aliphatic rings. The number of aromatic nitrogens is 1. The Kier molecular flexibility index (Phi) is 3.48. The zero-order valence-electron chi connectivity index (χ0n) is 10.7. The molecule has 2 aromatic rings. The maximum Gasteiger partial charge on any atom is 0.134 e. The Bertz CT molecular complexity index is 522. The van der Waals surface area contributed by atoms with Gasteiger partial charge in [0.2, 0.25) is 0 Å². The molecule has 18 heavy (non-hydrogen) atoms. The first-order valence-electron chi connectivity index (χ1n) is 6.61. The minimum Gasteiger partial charge on any atom is -0.368 e. The van der Waals surface area contributed by atoms with E-state index < -0.39 is 0 Å². The zero-order valence-corrected chi connectivity index (χ0v) is 11.5. The summed E-state index contributed by atoms with van der Waals surface area (Å²) in [5.74, 6) is 1.03. The molecule has 3 heterocycles. The van der Waals surface area contributed by atoms with Crippen LogP contribution < -0.4 is 5.32 Å². The second-order valence-corrected chi connectivity index (χ2v) is 5.95. The monoisotopic (exact) mass is 261 g/mol. The van der Waals surface area contributed by atoms with Gasteiger partial charge in [0.05, 0.1) is 0 Å². The van der Waals surface area contributed by atoms with E-state index in [4.69, 9.17) is 0 Å². The maximum atomic E-state index is 4.47. The highest BCUT2D eigenvalue weighted by atomic mass is 32.1. The SMILES string of the molecule is CN1CCCCC1CNc1nccc2sccc12. The van der Waals surface area contributed by atoms with Crippen LogP contribution in [-0.2, 0) is 0 Å². The summed E-state index contributed by atoms with van der Waals surface area (Å²) < 4.78 is 1.31. The molecule has 96 valence electrons. The standard InChI is InChI=1S/C14H19N3S/c1-17-8-3-2-4-11(17)10-16-14-12-6-9-18-13(12)5-7-15-14/h5-7,9,11H,2-4,8,10H2,1H3,(H,15,16). The summed E-state index contributed by atoms with van der Waals surface area (Å²) in [7, 11) is 2.23. The molecule has 0 bridgehead atoms. The van der Waals surface area contributed by atoms with E-state index in [0.717, 1.165) is 12.4 Å². The van der Waals surface area contributed by atoms with Crippen molar-refractivity contribution in [2.75, 3.05) is 25.5 Å². The molecule has 0 aromatic carbocycles. The number of hydrogen-bond donors (Lipinski definition) is 1. The van der Waals surface area contributed by atoms with Crippen molar-refractivity contribution in [2.45, 2.75) is 25.3 Å². The molecule has 0 radical (unpaired) electrons. The number of likely N-dealkylation sites (tertiary alicyclic amines) is 1. The van der Waals surface area contributed by atoms with Crippen LogP contribution in [0.15, 0.2) is 23.7 Å². The van der Waals surface area contributed by atoms with E-state index in [9.17, 15) is 0 Å². The molecule has 1 aliphatic heterocycles. The van der Waals surface area contributed by atoms with Crippen molar-refractivity contribution >= 4 is 27.2 Å². The summed E-state index contributed by atoms with van der Waals surface area (Å²) in [5.41, 5.74) is 0. The van der Waals surface area contributed by atoms with E-state index >= 15 is 0 Å². The molecule has 3 rings (SSSR count). The number of pyridine rings is 1. The quantitative estimate of drug-likeness (QED) is 0.919. The van der Waals surface area contributed by atoms with Gasteiger partial charge in [-0.15, -0.1) is 11.3 Å². The van der Waals surface area contributed by atoms with Gasteiger partial charge in [0, 0.05) is 28.9 Å². The number of thiophene rings is 1. The zero-order chi connectivity index (χ0) is 12.4. The molecule has 4 heteroatoms. The minimum atomic E-state index is 0.648. The number of hydrogen-bond acceptors (Lipinski definition) is 4. The summed E-state index contributed by atoms with van der Waals surface area (Å²) >= 11 is 1.77. The first-order chi connectivity index (χ1) is 8.84. The fraction of sp³-hybridized carbons (Fsp3) is 0.500. The van der Waals surface area contributed by atoms with Crippen LogP contribution in [0.4, 0.5) is 5.82 Å². The lowest BCUT2D eigenvalue weighted by Crippen LogP contribution is -2.40. The molecule has 0 saturated carbocycles. The molecule has 1 unspecified atom stereocenters. The van der Waals surface area contributed by atoms with Crippen molar-refractivity contribution < 1.29 is 0 Å². The summed E-state index contributed by atoms with van der Waals surface area (Å²) in [6.07, 6.45) is 5.88. The molecule has 3 nitrogen and oxygen atoms in total. The molecule has 1 saturated heterocycles. The number of rotatable bonds is 3. The molecular weight excluding hydrogens is 242 g/mol. The summed E-state index contributed by atoms with van der Waals surface area (Å²) in [6.45, 7) is 2.22. The molecule has 0 aliphatic carbocycles. The smallest absolute Gasteiger partial charge is 0.134 e. The van der Waals surface area contributed by atoms with Gasteiger partial charge >= 0.3 is 0 Å². The Labute approximate surface area is 112 Å². The lowest BCUT2D eigenvalue weighted by atomic mass is 10.0. The fourth-order valence-corrected chi connectivity index (χ4v) is 3.43. The highest BCUT2D eigenvalue weighted by molar-refractivity contribution is 7.17. The second-order valence-electron chi connectivity index (χ2n) is 5.00. The third-order valence-corrected chi connectivity index (χ3v) is 4.69. The predicted octanol–water partition coefficient (Wildman–Crippen LogP) is 3.19. The van der Waals surface area contributed by atoms with E-state index in [1.54, 1.807) is 11.3 Å². The average Bonchev–Trinajstić information content (AvgIpc) is 2.86. The average molecular weight is 261 g/mol. The number of likely N-dealkylation sites (N-methyl/N-ethyl adjacent to an activating group) is 1. The molecule has 1 atom stereocenters. The lowest BCUT2D eigenvalue weighted by Gasteiger charge is -2.32. The highest BCUT2D eigenvalue weighted by Crippen LogP contribution is 2.26. The van der Waals surface area contributed by atoms with Gasteiger partial charge in [0.1, 0.15) is 5.82 Å². The molecule has 1 fully saturated rings. The normalized spacial score (nSPS) is 21.3. The van der Waals surface area contributed by atoms with Gasteiger partial charge in [-0.1, -0.05) is 6.42 Å². The van der Waals surface area contributed by atoms with Crippen molar-refractivity contribution in [2.24, 2.45) is 0 Å². The highest BCUT2D eigenvalue weighted by Gasteiger charge is 2.18. The van der Waals surface area contributed by atoms with E-state index in [1.807, 2.05) is 6.20 Å². The minimum absolute atomic E-state index is 0.648. The third-order valence-electron chi connectivity index (χ3n) is 3.81. The van der Waals surface area contributed by atoms with Crippen LogP contribution in [-0.4, -0.2) is 36.1 Å². The summed E-state index contributed by atoms with van der Waals surface area (Å²) in [5, 5.41) is 6.91. The molecule has 1 N–H and O–H groups in total. The predicted molar refractivity (Wildman–Crippen MR) is 78.4 cm³/mol. The number of fused-ring (bicyclic) bond motifs is 1. The Morgan fingerprint density at radius 2 is 2.39 bits per heavy atom. The van der Waals surface area contributed by atoms with E-state index in [1.165, 1.54) is 35.9 Å².